The predicted molar refractivity (Wildman–Crippen MR) is 129 cm³/mol. The Labute approximate surface area is 221 Å². The van der Waals surface area contributed by atoms with Crippen molar-refractivity contribution >= 4 is 17.9 Å². The molecule has 0 fully saturated rings. The van der Waals surface area contributed by atoms with Gasteiger partial charge >= 0.3 is 24.5 Å². The van der Waals surface area contributed by atoms with Crippen molar-refractivity contribution in [3.63, 3.8) is 0 Å². The number of carbonyl (C=O) groups excluding carboxylic acids is 2. The number of amides is 2. The Morgan fingerprint density at radius 3 is 2.23 bits per heavy atom. The molecule has 0 radical (unpaired) electrons. The van der Waals surface area contributed by atoms with Crippen molar-refractivity contribution in [2.24, 2.45) is 0 Å². The summed E-state index contributed by atoms with van der Waals surface area (Å²) in [5.74, 6) is 0. The van der Waals surface area contributed by atoms with E-state index in [1.165, 1.54) is 4.90 Å². The van der Waals surface area contributed by atoms with Crippen LogP contribution in [0.1, 0.15) is 66.1 Å². The van der Waals surface area contributed by atoms with Crippen molar-refractivity contribution < 1.29 is 45.4 Å². The maximum atomic E-state index is 13.5. The highest BCUT2D eigenvalue weighted by Crippen LogP contribution is 2.46. The van der Waals surface area contributed by atoms with Gasteiger partial charge in [0, 0.05) is 18.2 Å². The zero-order chi connectivity index (χ0) is 28.7. The van der Waals surface area contributed by atoms with Gasteiger partial charge in [-0.1, -0.05) is 6.07 Å². The number of fused-ring (bicyclic) bond motifs is 3. The van der Waals surface area contributed by atoms with Gasteiger partial charge in [-0.2, -0.15) is 26.3 Å². The summed E-state index contributed by atoms with van der Waals surface area (Å²) in [6.07, 6.45) is -9.14. The van der Waals surface area contributed by atoms with Gasteiger partial charge in [0.05, 0.1) is 36.6 Å². The first-order valence-electron chi connectivity index (χ1n) is 12.5. The summed E-state index contributed by atoms with van der Waals surface area (Å²) >= 11 is 0. The van der Waals surface area contributed by atoms with Crippen LogP contribution in [0.2, 0.25) is 0 Å². The number of rotatable bonds is 4. The lowest BCUT2D eigenvalue weighted by Gasteiger charge is -2.43. The lowest BCUT2D eigenvalue weighted by atomic mass is 9.85. The second-order valence-electron chi connectivity index (χ2n) is 9.67. The highest BCUT2D eigenvalue weighted by atomic mass is 19.4. The van der Waals surface area contributed by atoms with E-state index >= 15 is 0 Å². The smallest absolute Gasteiger partial charge is 0.416 e. The molecule has 1 heterocycles. The number of methoxy groups -OCH3 is 1. The summed E-state index contributed by atoms with van der Waals surface area (Å²) in [6, 6.07) is 3.64. The zero-order valence-electron chi connectivity index (χ0n) is 21.6. The Hall–Kier alpha value is -3.44. The Morgan fingerprint density at radius 2 is 1.67 bits per heavy atom. The number of benzene rings is 2. The zero-order valence-corrected chi connectivity index (χ0v) is 21.6. The molecular formula is C27H28F6N2O4. The van der Waals surface area contributed by atoms with E-state index in [1.807, 2.05) is 6.07 Å². The minimum absolute atomic E-state index is 0.0497. The summed E-state index contributed by atoms with van der Waals surface area (Å²) < 4.78 is 91.3. The molecule has 2 amide bonds. The second kappa shape index (κ2) is 10.6. The highest BCUT2D eigenvalue weighted by Gasteiger charge is 2.42. The van der Waals surface area contributed by atoms with Gasteiger partial charge in [0.1, 0.15) is 0 Å². The van der Waals surface area contributed by atoms with Crippen LogP contribution in [-0.4, -0.2) is 36.8 Å². The average Bonchev–Trinajstić information content (AvgIpc) is 3.34. The number of hydrogen-bond acceptors (Lipinski definition) is 4. The summed E-state index contributed by atoms with van der Waals surface area (Å²) in [6.45, 7) is 2.97. The van der Waals surface area contributed by atoms with Crippen molar-refractivity contribution in [3.05, 3.63) is 63.7 Å². The maximum Gasteiger partial charge on any atom is 0.416 e. The molecule has 0 saturated carbocycles. The lowest BCUT2D eigenvalue weighted by molar-refractivity contribution is -0.143. The number of alkyl halides is 6. The van der Waals surface area contributed by atoms with Gasteiger partial charge in [-0.25, -0.2) is 9.59 Å². The topological polar surface area (TPSA) is 59.1 Å². The molecule has 0 bridgehead atoms. The Morgan fingerprint density at radius 1 is 1.03 bits per heavy atom. The number of ether oxygens (including phenoxy) is 2. The lowest BCUT2D eigenvalue weighted by Crippen LogP contribution is -2.48. The van der Waals surface area contributed by atoms with Gasteiger partial charge in [-0.3, -0.25) is 9.80 Å². The van der Waals surface area contributed by atoms with Gasteiger partial charge in [0.25, 0.3) is 0 Å². The summed E-state index contributed by atoms with van der Waals surface area (Å²) in [5.41, 5.74) is -0.241. The summed E-state index contributed by atoms with van der Waals surface area (Å²) in [7, 11) is 1.09. The molecule has 0 unspecified atom stereocenters. The highest BCUT2D eigenvalue weighted by molar-refractivity contribution is 5.91. The molecule has 2 aromatic carbocycles. The van der Waals surface area contributed by atoms with Crippen molar-refractivity contribution in [2.75, 3.05) is 18.6 Å². The van der Waals surface area contributed by atoms with Crippen LogP contribution in [0.3, 0.4) is 0 Å². The molecule has 12 heteroatoms. The third kappa shape index (κ3) is 5.65. The van der Waals surface area contributed by atoms with E-state index in [0.29, 0.717) is 29.8 Å². The third-order valence-electron chi connectivity index (χ3n) is 7.15. The van der Waals surface area contributed by atoms with Crippen LogP contribution in [0.15, 0.2) is 30.3 Å². The van der Waals surface area contributed by atoms with Crippen LogP contribution < -0.4 is 4.90 Å². The molecule has 0 saturated heterocycles. The third-order valence-corrected chi connectivity index (χ3v) is 7.15. The molecule has 4 rings (SSSR count). The minimum atomic E-state index is -5.03. The number of nitrogens with zero attached hydrogens (tertiary/aromatic N) is 2. The maximum absolute atomic E-state index is 13.5. The second-order valence-corrected chi connectivity index (χ2v) is 9.67. The van der Waals surface area contributed by atoms with Crippen LogP contribution in [0, 0.1) is 0 Å². The van der Waals surface area contributed by atoms with Crippen LogP contribution in [-0.2, 0) is 41.2 Å². The molecule has 6 nitrogen and oxygen atoms in total. The minimum Gasteiger partial charge on any atom is -0.453 e. The van der Waals surface area contributed by atoms with Crippen molar-refractivity contribution in [2.45, 2.75) is 70.5 Å². The average molecular weight is 559 g/mol. The monoisotopic (exact) mass is 558 g/mol. The Bertz CT molecular complexity index is 1230. The van der Waals surface area contributed by atoms with Gasteiger partial charge in [-0.15, -0.1) is 0 Å². The number of carbonyl (C=O) groups is 2. The van der Waals surface area contributed by atoms with Gasteiger partial charge in [0.15, 0.2) is 0 Å². The SMILES string of the molecule is CCOC(=O)N1c2ccc3c(c2[C@H](N(Cc2cc(C(F)(F)F)cc(C(F)(F)F)c2)C(=O)OC)C[C@@H]1C)CCC3. The summed E-state index contributed by atoms with van der Waals surface area (Å²) in [5, 5.41) is 0. The molecule has 2 aliphatic rings. The molecule has 0 N–H and O–H groups in total. The first-order chi connectivity index (χ1) is 18.3. The van der Waals surface area contributed by atoms with E-state index in [0.717, 1.165) is 36.0 Å². The molecule has 0 aromatic heterocycles. The van der Waals surface area contributed by atoms with E-state index in [4.69, 9.17) is 9.47 Å². The number of halogens is 6. The van der Waals surface area contributed by atoms with E-state index < -0.39 is 54.3 Å². The standard InChI is InChI=1S/C27H28F6N2O4/c1-4-39-25(37)35-15(2)10-22(23-20-7-5-6-17(20)8-9-21(23)35)34(24(36)38-3)14-16-11-18(26(28,29)30)13-19(12-16)27(31,32)33/h8-9,11-13,15,22H,4-7,10,14H2,1-3H3/t15-,22+/m0/s1. The van der Waals surface area contributed by atoms with E-state index in [-0.39, 0.29) is 24.7 Å². The molecule has 1 aliphatic carbocycles. The quantitative estimate of drug-likeness (QED) is 0.370. The first kappa shape index (κ1) is 28.6. The van der Waals surface area contributed by atoms with Crippen molar-refractivity contribution in [1.82, 2.24) is 4.90 Å². The van der Waals surface area contributed by atoms with Gasteiger partial charge < -0.3 is 9.47 Å². The molecule has 2 aromatic rings. The fourth-order valence-corrected chi connectivity index (χ4v) is 5.53. The first-order valence-corrected chi connectivity index (χ1v) is 12.5. The molecule has 1 aliphatic heterocycles. The number of anilines is 1. The Balaban J connectivity index is 1.85. The Kier molecular flexibility index (Phi) is 7.77. The largest absolute Gasteiger partial charge is 0.453 e. The van der Waals surface area contributed by atoms with Gasteiger partial charge in [-0.05, 0) is 80.5 Å². The molecule has 0 spiro atoms. The fourth-order valence-electron chi connectivity index (χ4n) is 5.53. The number of aryl methyl sites for hydroxylation is 1. The van der Waals surface area contributed by atoms with Crippen LogP contribution >= 0.6 is 0 Å². The molecule has 39 heavy (non-hydrogen) atoms. The summed E-state index contributed by atoms with van der Waals surface area (Å²) in [4.78, 5) is 28.6. The molecule has 212 valence electrons. The van der Waals surface area contributed by atoms with E-state index in [1.54, 1.807) is 19.9 Å². The van der Waals surface area contributed by atoms with E-state index in [9.17, 15) is 35.9 Å². The van der Waals surface area contributed by atoms with Crippen LogP contribution in [0.4, 0.5) is 41.6 Å². The van der Waals surface area contributed by atoms with Gasteiger partial charge in [0.2, 0.25) is 0 Å². The van der Waals surface area contributed by atoms with Crippen molar-refractivity contribution in [1.29, 1.82) is 0 Å². The van der Waals surface area contributed by atoms with Crippen LogP contribution in [0.25, 0.3) is 0 Å². The fraction of sp³-hybridized carbons (Fsp3) is 0.481. The van der Waals surface area contributed by atoms with Crippen LogP contribution in [0.5, 0.6) is 0 Å². The molecule has 2 atom stereocenters. The molecular weight excluding hydrogens is 530 g/mol. The normalized spacial score (nSPS) is 18.8. The van der Waals surface area contributed by atoms with Crippen molar-refractivity contribution in [3.8, 4) is 0 Å². The van der Waals surface area contributed by atoms with E-state index in [2.05, 4.69) is 0 Å². The predicted octanol–water partition coefficient (Wildman–Crippen LogP) is 7.28. The number of hydrogen-bond donors (Lipinski definition) is 0.